The third kappa shape index (κ3) is 1.89. The topological polar surface area (TPSA) is 123 Å². The average Bonchev–Trinajstić information content (AvgIpc) is 2.92. The van der Waals surface area contributed by atoms with Crippen LogP contribution in [0, 0.1) is 56.2 Å². The predicted molar refractivity (Wildman–Crippen MR) is 92.0 cm³/mol. The molecule has 2 bridgehead atoms. The van der Waals surface area contributed by atoms with Crippen molar-refractivity contribution < 1.29 is 14.2 Å². The van der Waals surface area contributed by atoms with Crippen molar-refractivity contribution in [2.75, 3.05) is 7.11 Å². The van der Waals surface area contributed by atoms with Crippen LogP contribution in [-0.4, -0.2) is 18.8 Å². The summed E-state index contributed by atoms with van der Waals surface area (Å²) in [5.41, 5.74) is -3.00. The van der Waals surface area contributed by atoms with Crippen LogP contribution in [-0.2, 0) is 9.47 Å². The van der Waals surface area contributed by atoms with E-state index in [0.717, 1.165) is 12.8 Å². The highest BCUT2D eigenvalue weighted by Gasteiger charge is 2.80. The zero-order chi connectivity index (χ0) is 19.3. The van der Waals surface area contributed by atoms with Crippen LogP contribution in [0.1, 0.15) is 37.4 Å². The zero-order valence-electron chi connectivity index (χ0n) is 14.9. The van der Waals surface area contributed by atoms with Crippen LogP contribution in [0.4, 0.5) is 0 Å². The van der Waals surface area contributed by atoms with E-state index in [4.69, 9.17) is 19.6 Å². The number of hydrogen-bond donors (Lipinski definition) is 1. The van der Waals surface area contributed by atoms with E-state index < -0.39 is 28.6 Å². The first-order valence-electron chi connectivity index (χ1n) is 8.87. The van der Waals surface area contributed by atoms with Crippen molar-refractivity contribution >= 4 is 5.90 Å². The van der Waals surface area contributed by atoms with Gasteiger partial charge in [0.1, 0.15) is 11.9 Å². The second-order valence-corrected chi connectivity index (χ2v) is 7.27. The number of nitrogens with zero attached hydrogens (tertiary/aromatic N) is 3. The Balaban J connectivity index is 1.99. The Kier molecular flexibility index (Phi) is 3.67. The monoisotopic (exact) mass is 362 g/mol. The molecule has 0 unspecified atom stereocenters. The number of ether oxygens (including phenoxy) is 3. The Hall–Kier alpha value is -3.08. The first-order chi connectivity index (χ1) is 13.0. The molecule has 7 heteroatoms. The summed E-state index contributed by atoms with van der Waals surface area (Å²) in [7, 11) is 1.53. The zero-order valence-corrected chi connectivity index (χ0v) is 14.9. The van der Waals surface area contributed by atoms with Gasteiger partial charge in [-0.15, -0.1) is 0 Å². The summed E-state index contributed by atoms with van der Waals surface area (Å²) in [6.07, 6.45) is 1.75. The first-order valence-corrected chi connectivity index (χ1v) is 8.87. The van der Waals surface area contributed by atoms with Gasteiger partial charge in [0.05, 0.1) is 31.2 Å². The molecule has 0 aromatic heterocycles. The molecule has 3 aliphatic rings. The molecule has 2 saturated heterocycles. The van der Waals surface area contributed by atoms with Crippen LogP contribution < -0.4 is 4.74 Å². The minimum Gasteiger partial charge on any atom is -0.497 e. The Morgan fingerprint density at radius 2 is 1.96 bits per heavy atom. The smallest absolute Gasteiger partial charge is 0.217 e. The summed E-state index contributed by atoms with van der Waals surface area (Å²) in [4.78, 5) is 0. The molecule has 1 aliphatic carbocycles. The normalized spacial score (nSPS) is 35.7. The highest BCUT2D eigenvalue weighted by molar-refractivity contribution is 5.89. The van der Waals surface area contributed by atoms with Crippen LogP contribution in [0.3, 0.4) is 0 Å². The van der Waals surface area contributed by atoms with Gasteiger partial charge in [-0.2, -0.15) is 15.8 Å². The highest BCUT2D eigenvalue weighted by atomic mass is 16.7. The van der Waals surface area contributed by atoms with E-state index in [1.165, 1.54) is 7.11 Å². The molecule has 2 aliphatic heterocycles. The van der Waals surface area contributed by atoms with Gasteiger partial charge in [-0.3, -0.25) is 5.41 Å². The summed E-state index contributed by atoms with van der Waals surface area (Å²) in [5, 5.41) is 38.9. The van der Waals surface area contributed by atoms with Gasteiger partial charge in [-0.1, -0.05) is 18.6 Å². The van der Waals surface area contributed by atoms with E-state index in [-0.39, 0.29) is 5.90 Å². The average molecular weight is 362 g/mol. The van der Waals surface area contributed by atoms with Gasteiger partial charge in [-0.05, 0) is 30.5 Å². The Morgan fingerprint density at radius 3 is 2.63 bits per heavy atom. The van der Waals surface area contributed by atoms with Gasteiger partial charge in [0.2, 0.25) is 17.1 Å². The molecule has 0 spiro atoms. The maximum atomic E-state index is 10.2. The van der Waals surface area contributed by atoms with E-state index in [1.54, 1.807) is 24.3 Å². The quantitative estimate of drug-likeness (QED) is 0.861. The van der Waals surface area contributed by atoms with Crippen LogP contribution >= 0.6 is 0 Å². The van der Waals surface area contributed by atoms with Crippen molar-refractivity contribution in [2.24, 2.45) is 16.7 Å². The number of methoxy groups -OCH3 is 1. The summed E-state index contributed by atoms with van der Waals surface area (Å²) in [5.74, 6) is -1.43. The second kappa shape index (κ2) is 5.71. The SMILES string of the molecule is COc1cccc([C@@H]2O[C@@]34CCCC[C@H]3[C@@](C#N)(C(=N)O4)C2(C#N)C#N)c1. The molecule has 2 heterocycles. The van der Waals surface area contributed by atoms with Gasteiger partial charge in [0.25, 0.3) is 0 Å². The molecule has 27 heavy (non-hydrogen) atoms. The van der Waals surface area contributed by atoms with E-state index in [0.29, 0.717) is 24.2 Å². The summed E-state index contributed by atoms with van der Waals surface area (Å²) >= 11 is 0. The molecule has 1 saturated carbocycles. The van der Waals surface area contributed by atoms with Crippen molar-refractivity contribution in [3.63, 3.8) is 0 Å². The molecule has 4 rings (SSSR count). The van der Waals surface area contributed by atoms with Crippen LogP contribution in [0.25, 0.3) is 0 Å². The lowest BCUT2D eigenvalue weighted by Gasteiger charge is -2.51. The molecule has 4 atom stereocenters. The standard InChI is InChI=1S/C20H18N4O3/c1-25-14-6-4-5-13(9-14)16-18(10-21,11-22)19(12-23)15-7-2-3-8-20(15,26-16)27-17(19)24/h4-6,9,15-16,24H,2-3,7-8H2,1H3/t15-,16-,19-,20+/m0/s1. The van der Waals surface area contributed by atoms with Crippen molar-refractivity contribution in [3.8, 4) is 24.0 Å². The van der Waals surface area contributed by atoms with Crippen LogP contribution in [0.5, 0.6) is 5.75 Å². The number of nitrogens with one attached hydrogen (secondary N) is 1. The second-order valence-electron chi connectivity index (χ2n) is 7.27. The van der Waals surface area contributed by atoms with Gasteiger partial charge >= 0.3 is 0 Å². The molecule has 136 valence electrons. The number of nitriles is 3. The van der Waals surface area contributed by atoms with Gasteiger partial charge < -0.3 is 14.2 Å². The molecular weight excluding hydrogens is 344 g/mol. The summed E-state index contributed by atoms with van der Waals surface area (Å²) in [6, 6.07) is 13.2. The number of benzene rings is 1. The lowest BCUT2D eigenvalue weighted by molar-refractivity contribution is -0.294. The number of hydrogen-bond acceptors (Lipinski definition) is 7. The summed E-state index contributed by atoms with van der Waals surface area (Å²) < 4.78 is 17.4. The largest absolute Gasteiger partial charge is 0.497 e. The molecule has 3 fully saturated rings. The van der Waals surface area contributed by atoms with Crippen molar-refractivity contribution in [1.82, 2.24) is 0 Å². The third-order valence-electron chi connectivity index (χ3n) is 6.21. The van der Waals surface area contributed by atoms with Crippen molar-refractivity contribution in [3.05, 3.63) is 29.8 Å². The number of rotatable bonds is 2. The van der Waals surface area contributed by atoms with E-state index in [9.17, 15) is 15.8 Å². The minimum atomic E-state index is -1.90. The molecule has 1 aromatic carbocycles. The third-order valence-corrected chi connectivity index (χ3v) is 6.21. The molecule has 1 N–H and O–H groups in total. The van der Waals surface area contributed by atoms with Gasteiger partial charge in [0.15, 0.2) is 5.41 Å². The molecule has 1 aromatic rings. The fraction of sp³-hybridized carbons (Fsp3) is 0.500. The maximum absolute atomic E-state index is 10.2. The van der Waals surface area contributed by atoms with Gasteiger partial charge in [0, 0.05) is 6.42 Å². The maximum Gasteiger partial charge on any atom is 0.217 e. The lowest BCUT2D eigenvalue weighted by atomic mass is 9.51. The Labute approximate surface area is 157 Å². The predicted octanol–water partition coefficient (Wildman–Crippen LogP) is 3.20. The van der Waals surface area contributed by atoms with Crippen LogP contribution in [0.15, 0.2) is 24.3 Å². The Bertz CT molecular complexity index is 926. The first kappa shape index (κ1) is 17.3. The lowest BCUT2D eigenvalue weighted by Crippen LogP contribution is -2.60. The van der Waals surface area contributed by atoms with Crippen LogP contribution in [0.2, 0.25) is 0 Å². The molecule has 0 amide bonds. The summed E-state index contributed by atoms with van der Waals surface area (Å²) in [6.45, 7) is 0. The molecule has 7 nitrogen and oxygen atoms in total. The fourth-order valence-electron chi connectivity index (χ4n) is 4.97. The van der Waals surface area contributed by atoms with Crippen molar-refractivity contribution in [1.29, 1.82) is 21.2 Å². The Morgan fingerprint density at radius 1 is 1.19 bits per heavy atom. The van der Waals surface area contributed by atoms with E-state index >= 15 is 0 Å². The molecule has 0 radical (unpaired) electrons. The molecular formula is C20H18N4O3. The fourth-order valence-corrected chi connectivity index (χ4v) is 4.97. The highest BCUT2D eigenvalue weighted by Crippen LogP contribution is 2.69. The van der Waals surface area contributed by atoms with E-state index in [1.807, 2.05) is 0 Å². The van der Waals surface area contributed by atoms with Crippen molar-refractivity contribution in [2.45, 2.75) is 37.6 Å². The van der Waals surface area contributed by atoms with Gasteiger partial charge in [-0.25, -0.2) is 0 Å². The minimum absolute atomic E-state index is 0.328. The van der Waals surface area contributed by atoms with E-state index in [2.05, 4.69) is 18.2 Å².